The van der Waals surface area contributed by atoms with Gasteiger partial charge in [0.05, 0.1) is 7.11 Å². The number of hydrogen-bond acceptors (Lipinski definition) is 3. The van der Waals surface area contributed by atoms with Crippen molar-refractivity contribution in [1.29, 1.82) is 0 Å². The second-order valence-electron chi connectivity index (χ2n) is 5.26. The van der Waals surface area contributed by atoms with E-state index >= 15 is 0 Å². The quantitative estimate of drug-likeness (QED) is 0.812. The van der Waals surface area contributed by atoms with Crippen molar-refractivity contribution in [2.45, 2.75) is 13.8 Å². The molecule has 0 aliphatic carbocycles. The van der Waals surface area contributed by atoms with Gasteiger partial charge in [0.1, 0.15) is 5.75 Å². The summed E-state index contributed by atoms with van der Waals surface area (Å²) in [7, 11) is 1.64. The first-order valence-electron chi connectivity index (χ1n) is 6.13. The second kappa shape index (κ2) is 4.94. The number of hydrogen-bond donors (Lipinski definition) is 1. The molecule has 0 spiro atoms. The zero-order chi connectivity index (χ0) is 13.2. The molecule has 96 valence electrons. The van der Waals surface area contributed by atoms with Gasteiger partial charge in [0.2, 0.25) is 0 Å². The van der Waals surface area contributed by atoms with Crippen LogP contribution in [0.15, 0.2) is 29.8 Å². The van der Waals surface area contributed by atoms with Gasteiger partial charge in [0.15, 0.2) is 5.78 Å². The Morgan fingerprint density at radius 2 is 1.94 bits per heavy atom. The first-order valence-corrected chi connectivity index (χ1v) is 6.13. The zero-order valence-corrected chi connectivity index (χ0v) is 11.1. The van der Waals surface area contributed by atoms with E-state index in [0.29, 0.717) is 6.54 Å². The standard InChI is InChI=1S/C15H19NO2/c1-15(2)10-16-9-12(14(15)17)8-11-4-6-13(18-3)7-5-11/h4-8,16H,9-10H2,1-3H3/b12-8+. The Labute approximate surface area is 108 Å². The summed E-state index contributed by atoms with van der Waals surface area (Å²) in [6.07, 6.45) is 1.95. The molecule has 1 N–H and O–H groups in total. The number of piperidine rings is 1. The maximum Gasteiger partial charge on any atom is 0.167 e. The molecule has 1 heterocycles. The molecule has 0 unspecified atom stereocenters. The Hall–Kier alpha value is -1.61. The van der Waals surface area contributed by atoms with Crippen LogP contribution in [0.2, 0.25) is 0 Å². The van der Waals surface area contributed by atoms with E-state index in [0.717, 1.165) is 23.4 Å². The van der Waals surface area contributed by atoms with Crippen LogP contribution in [0, 0.1) is 5.41 Å². The van der Waals surface area contributed by atoms with Gasteiger partial charge in [0, 0.05) is 24.1 Å². The number of carbonyl (C=O) groups is 1. The Kier molecular flexibility index (Phi) is 3.53. The number of benzene rings is 1. The Bertz CT molecular complexity index is 472. The molecule has 0 bridgehead atoms. The molecular formula is C15H19NO2. The molecule has 0 saturated carbocycles. The van der Waals surface area contributed by atoms with Gasteiger partial charge in [-0.2, -0.15) is 0 Å². The minimum atomic E-state index is -0.309. The highest BCUT2D eigenvalue weighted by molar-refractivity contribution is 6.04. The fourth-order valence-electron chi connectivity index (χ4n) is 2.12. The number of nitrogens with one attached hydrogen (secondary N) is 1. The van der Waals surface area contributed by atoms with Gasteiger partial charge in [-0.25, -0.2) is 0 Å². The zero-order valence-electron chi connectivity index (χ0n) is 11.1. The van der Waals surface area contributed by atoms with Gasteiger partial charge in [-0.05, 0) is 23.8 Å². The van der Waals surface area contributed by atoms with Crippen molar-refractivity contribution in [3.05, 3.63) is 35.4 Å². The minimum Gasteiger partial charge on any atom is -0.497 e. The van der Waals surface area contributed by atoms with E-state index in [9.17, 15) is 4.79 Å². The number of rotatable bonds is 2. The lowest BCUT2D eigenvalue weighted by atomic mass is 9.80. The topological polar surface area (TPSA) is 38.3 Å². The molecule has 1 aliphatic heterocycles. The van der Waals surface area contributed by atoms with E-state index < -0.39 is 0 Å². The summed E-state index contributed by atoms with van der Waals surface area (Å²) >= 11 is 0. The molecule has 3 nitrogen and oxygen atoms in total. The van der Waals surface area contributed by atoms with Gasteiger partial charge in [-0.3, -0.25) is 4.79 Å². The summed E-state index contributed by atoms with van der Waals surface area (Å²) in [6.45, 7) is 5.34. The normalized spacial score (nSPS) is 21.1. The predicted molar refractivity (Wildman–Crippen MR) is 72.6 cm³/mol. The SMILES string of the molecule is COc1ccc(/C=C2\CNCC(C)(C)C2=O)cc1. The minimum absolute atomic E-state index is 0.233. The van der Waals surface area contributed by atoms with Gasteiger partial charge in [-0.1, -0.05) is 26.0 Å². The van der Waals surface area contributed by atoms with Gasteiger partial charge in [0.25, 0.3) is 0 Å². The van der Waals surface area contributed by atoms with Crippen molar-refractivity contribution in [3.8, 4) is 5.75 Å². The average molecular weight is 245 g/mol. The van der Waals surface area contributed by atoms with Crippen LogP contribution < -0.4 is 10.1 Å². The first-order chi connectivity index (χ1) is 8.53. The number of methoxy groups -OCH3 is 1. The van der Waals surface area contributed by atoms with Crippen molar-refractivity contribution in [2.75, 3.05) is 20.2 Å². The summed E-state index contributed by atoms with van der Waals surface area (Å²) in [4.78, 5) is 12.2. The highest BCUT2D eigenvalue weighted by Crippen LogP contribution is 2.25. The van der Waals surface area contributed by atoms with Crippen molar-refractivity contribution >= 4 is 11.9 Å². The Morgan fingerprint density at radius 1 is 1.28 bits per heavy atom. The molecule has 1 aromatic rings. The summed E-state index contributed by atoms with van der Waals surface area (Å²) in [6, 6.07) is 7.72. The summed E-state index contributed by atoms with van der Waals surface area (Å²) in [5, 5.41) is 3.28. The highest BCUT2D eigenvalue weighted by atomic mass is 16.5. The fourth-order valence-corrected chi connectivity index (χ4v) is 2.12. The molecule has 1 aliphatic rings. The third-order valence-electron chi connectivity index (χ3n) is 3.25. The first kappa shape index (κ1) is 12.8. The van der Waals surface area contributed by atoms with Crippen LogP contribution in [0.5, 0.6) is 5.75 Å². The molecule has 0 radical (unpaired) electrons. The lowest BCUT2D eigenvalue weighted by molar-refractivity contribution is -0.124. The van der Waals surface area contributed by atoms with Crippen LogP contribution in [0.25, 0.3) is 6.08 Å². The number of carbonyl (C=O) groups excluding carboxylic acids is 1. The van der Waals surface area contributed by atoms with Crippen LogP contribution in [0.1, 0.15) is 19.4 Å². The molecule has 3 heteroatoms. The summed E-state index contributed by atoms with van der Waals surface area (Å²) in [5.41, 5.74) is 1.56. The maximum absolute atomic E-state index is 12.2. The van der Waals surface area contributed by atoms with Crippen LogP contribution in [0.4, 0.5) is 0 Å². The predicted octanol–water partition coefficient (Wildman–Crippen LogP) is 2.28. The molecule has 1 aromatic carbocycles. The lowest BCUT2D eigenvalue weighted by Gasteiger charge is -2.30. The highest BCUT2D eigenvalue weighted by Gasteiger charge is 2.33. The monoisotopic (exact) mass is 245 g/mol. The largest absolute Gasteiger partial charge is 0.497 e. The van der Waals surface area contributed by atoms with Crippen LogP contribution in [0.3, 0.4) is 0 Å². The van der Waals surface area contributed by atoms with Crippen molar-refractivity contribution in [2.24, 2.45) is 5.41 Å². The number of ether oxygens (including phenoxy) is 1. The molecular weight excluding hydrogens is 226 g/mol. The number of Topliss-reactive ketones (excluding diaryl/α,β-unsaturated/α-hetero) is 1. The van der Waals surface area contributed by atoms with Gasteiger partial charge < -0.3 is 10.1 Å². The summed E-state index contributed by atoms with van der Waals surface area (Å²) in [5.74, 6) is 1.06. The van der Waals surface area contributed by atoms with Crippen LogP contribution >= 0.6 is 0 Å². The number of ketones is 1. The van der Waals surface area contributed by atoms with E-state index in [2.05, 4.69) is 5.32 Å². The van der Waals surface area contributed by atoms with Crippen LogP contribution in [-0.2, 0) is 4.79 Å². The van der Waals surface area contributed by atoms with Crippen LogP contribution in [-0.4, -0.2) is 26.0 Å². The lowest BCUT2D eigenvalue weighted by Crippen LogP contribution is -2.44. The maximum atomic E-state index is 12.2. The van der Waals surface area contributed by atoms with Crippen molar-refractivity contribution in [1.82, 2.24) is 5.32 Å². The molecule has 1 fully saturated rings. The molecule has 0 aromatic heterocycles. The Balaban J connectivity index is 2.24. The van der Waals surface area contributed by atoms with Crippen molar-refractivity contribution in [3.63, 3.8) is 0 Å². The van der Waals surface area contributed by atoms with Gasteiger partial charge in [-0.15, -0.1) is 0 Å². The van der Waals surface area contributed by atoms with Crippen molar-refractivity contribution < 1.29 is 9.53 Å². The fraction of sp³-hybridized carbons (Fsp3) is 0.400. The van der Waals surface area contributed by atoms with Gasteiger partial charge >= 0.3 is 0 Å². The third-order valence-corrected chi connectivity index (χ3v) is 3.25. The van der Waals surface area contributed by atoms with E-state index in [1.165, 1.54) is 0 Å². The summed E-state index contributed by atoms with van der Waals surface area (Å²) < 4.78 is 5.11. The van der Waals surface area contributed by atoms with E-state index in [1.54, 1.807) is 7.11 Å². The molecule has 0 atom stereocenters. The molecule has 18 heavy (non-hydrogen) atoms. The molecule has 0 amide bonds. The molecule has 2 rings (SSSR count). The second-order valence-corrected chi connectivity index (χ2v) is 5.26. The Morgan fingerprint density at radius 3 is 2.56 bits per heavy atom. The van der Waals surface area contributed by atoms with E-state index in [1.807, 2.05) is 44.2 Å². The molecule has 1 saturated heterocycles. The smallest absolute Gasteiger partial charge is 0.167 e. The van der Waals surface area contributed by atoms with E-state index in [4.69, 9.17) is 4.74 Å². The third kappa shape index (κ3) is 2.62. The van der Waals surface area contributed by atoms with E-state index in [-0.39, 0.29) is 11.2 Å². The average Bonchev–Trinajstić information content (AvgIpc) is 2.36.